The highest BCUT2D eigenvalue weighted by Crippen LogP contribution is 2.26. The van der Waals surface area contributed by atoms with Crippen LogP contribution in [0, 0.1) is 0 Å². The number of amides is 1. The first-order chi connectivity index (χ1) is 13.8. The van der Waals surface area contributed by atoms with Crippen LogP contribution in [0.5, 0.6) is 0 Å². The number of carbonyl (C=O) groups excluding carboxylic acids is 1. The van der Waals surface area contributed by atoms with Crippen molar-refractivity contribution in [3.8, 4) is 0 Å². The largest absolute Gasteiger partial charge is 0.324 e. The van der Waals surface area contributed by atoms with Crippen LogP contribution in [-0.2, 0) is 21.4 Å². The van der Waals surface area contributed by atoms with Gasteiger partial charge in [0.1, 0.15) is 6.54 Å². The maximum Gasteiger partial charge on any atom is 0.308 e. The number of sulfonamides is 1. The maximum atomic E-state index is 12.8. The van der Waals surface area contributed by atoms with E-state index in [0.717, 1.165) is 28.7 Å². The summed E-state index contributed by atoms with van der Waals surface area (Å²) in [7, 11) is -3.56. The molecule has 2 aromatic carbocycles. The molecule has 1 fully saturated rings. The van der Waals surface area contributed by atoms with Crippen molar-refractivity contribution in [3.63, 3.8) is 0 Å². The second-order valence-corrected chi connectivity index (χ2v) is 10.6. The van der Waals surface area contributed by atoms with Crippen molar-refractivity contribution < 1.29 is 13.2 Å². The van der Waals surface area contributed by atoms with Gasteiger partial charge in [-0.1, -0.05) is 33.3 Å². The Kier molecular flexibility index (Phi) is 5.60. The first-order valence-corrected chi connectivity index (χ1v) is 12.1. The number of nitrogens with zero attached hydrogens (tertiary/aromatic N) is 2. The Morgan fingerprint density at radius 3 is 2.62 bits per heavy atom. The van der Waals surface area contributed by atoms with E-state index in [4.69, 9.17) is 0 Å². The lowest BCUT2D eigenvalue weighted by molar-refractivity contribution is -0.116. The number of hydrogen-bond donors (Lipinski definition) is 1. The molecule has 0 atom stereocenters. The van der Waals surface area contributed by atoms with Gasteiger partial charge in [0.25, 0.3) is 0 Å². The molecule has 0 spiro atoms. The van der Waals surface area contributed by atoms with Gasteiger partial charge in [-0.25, -0.2) is 8.42 Å². The predicted octanol–water partition coefficient (Wildman–Crippen LogP) is 3.25. The Balaban J connectivity index is 1.60. The first-order valence-electron chi connectivity index (χ1n) is 9.03. The minimum atomic E-state index is -3.56. The Morgan fingerprint density at radius 1 is 1.14 bits per heavy atom. The van der Waals surface area contributed by atoms with Gasteiger partial charge in [-0.05, 0) is 49.2 Å². The number of rotatable bonds is 5. The van der Waals surface area contributed by atoms with Crippen LogP contribution < -0.4 is 10.2 Å². The monoisotopic (exact) mass is 495 g/mol. The molecule has 0 unspecified atom stereocenters. The van der Waals surface area contributed by atoms with Gasteiger partial charge in [0.2, 0.25) is 15.9 Å². The number of aromatic nitrogens is 1. The third-order valence-electron chi connectivity index (χ3n) is 4.75. The Morgan fingerprint density at radius 2 is 1.90 bits per heavy atom. The van der Waals surface area contributed by atoms with Crippen LogP contribution in [0.2, 0.25) is 0 Å². The van der Waals surface area contributed by atoms with Crippen LogP contribution in [0.3, 0.4) is 0 Å². The number of nitrogens with one attached hydrogen (secondary N) is 1. The molecule has 1 aliphatic heterocycles. The van der Waals surface area contributed by atoms with Crippen LogP contribution in [-0.4, -0.2) is 36.3 Å². The SMILES string of the molecule is O=C(Cn1c(=O)sc2cc(S(=O)(=O)N3CCCC3)ccc21)Nc1cccc(Br)c1. The smallest absolute Gasteiger partial charge is 0.308 e. The van der Waals surface area contributed by atoms with Crippen molar-refractivity contribution >= 4 is 59.1 Å². The highest BCUT2D eigenvalue weighted by atomic mass is 79.9. The molecule has 1 amide bonds. The number of anilines is 1. The Labute approximate surface area is 180 Å². The molecule has 3 aromatic rings. The van der Waals surface area contributed by atoms with Gasteiger partial charge in [-0.3, -0.25) is 14.2 Å². The average molecular weight is 496 g/mol. The van der Waals surface area contributed by atoms with E-state index in [1.807, 2.05) is 6.07 Å². The molecule has 7 nitrogen and oxygen atoms in total. The summed E-state index contributed by atoms with van der Waals surface area (Å²) in [4.78, 5) is 24.7. The zero-order chi connectivity index (χ0) is 20.6. The van der Waals surface area contributed by atoms with Gasteiger partial charge in [0.05, 0.1) is 15.1 Å². The van der Waals surface area contributed by atoms with Crippen LogP contribution >= 0.6 is 27.3 Å². The molecule has 0 aliphatic carbocycles. The minimum Gasteiger partial charge on any atom is -0.324 e. The number of benzene rings is 2. The Bertz CT molecular complexity index is 1240. The summed E-state index contributed by atoms with van der Waals surface area (Å²) in [6, 6.07) is 11.8. The summed E-state index contributed by atoms with van der Waals surface area (Å²) in [6.07, 6.45) is 1.72. The molecule has 1 N–H and O–H groups in total. The average Bonchev–Trinajstić information content (AvgIpc) is 3.30. The lowest BCUT2D eigenvalue weighted by atomic mass is 10.3. The first kappa shape index (κ1) is 20.3. The molecule has 0 radical (unpaired) electrons. The maximum absolute atomic E-state index is 12.8. The van der Waals surface area contributed by atoms with E-state index in [-0.39, 0.29) is 22.2 Å². The third-order valence-corrected chi connectivity index (χ3v) is 8.08. The van der Waals surface area contributed by atoms with Gasteiger partial charge >= 0.3 is 4.87 Å². The number of thiazole rings is 1. The van der Waals surface area contributed by atoms with Gasteiger partial charge in [0.15, 0.2) is 0 Å². The van der Waals surface area contributed by atoms with E-state index in [9.17, 15) is 18.0 Å². The van der Waals surface area contributed by atoms with E-state index in [1.165, 1.54) is 21.0 Å². The summed E-state index contributed by atoms with van der Waals surface area (Å²) < 4.78 is 29.7. The third kappa shape index (κ3) is 4.16. The highest BCUT2D eigenvalue weighted by molar-refractivity contribution is 9.10. The van der Waals surface area contributed by atoms with Crippen molar-refractivity contribution in [2.75, 3.05) is 18.4 Å². The molecular formula is C19H18BrN3O4S2. The van der Waals surface area contributed by atoms with Crippen LogP contribution in [0.25, 0.3) is 10.2 Å². The van der Waals surface area contributed by atoms with Crippen molar-refractivity contribution in [2.45, 2.75) is 24.3 Å². The van der Waals surface area contributed by atoms with Gasteiger partial charge in [0, 0.05) is 23.2 Å². The zero-order valence-electron chi connectivity index (χ0n) is 15.3. The second-order valence-electron chi connectivity index (χ2n) is 6.75. The molecule has 4 rings (SSSR count). The quantitative estimate of drug-likeness (QED) is 0.588. The minimum absolute atomic E-state index is 0.149. The molecule has 1 aliphatic rings. The number of hydrogen-bond acceptors (Lipinski definition) is 5. The van der Waals surface area contributed by atoms with E-state index < -0.39 is 10.0 Å². The summed E-state index contributed by atoms with van der Waals surface area (Å²) in [5.41, 5.74) is 1.17. The normalized spacial score (nSPS) is 15.1. The van der Waals surface area contributed by atoms with E-state index in [1.54, 1.807) is 24.3 Å². The molecule has 0 bridgehead atoms. The number of carbonyl (C=O) groups is 1. The molecule has 2 heterocycles. The molecule has 0 saturated carbocycles. The number of fused-ring (bicyclic) bond motifs is 1. The molecule has 10 heteroatoms. The van der Waals surface area contributed by atoms with Gasteiger partial charge in [-0.2, -0.15) is 4.31 Å². The molecule has 152 valence electrons. The van der Waals surface area contributed by atoms with Crippen LogP contribution in [0.15, 0.2) is 56.6 Å². The summed E-state index contributed by atoms with van der Waals surface area (Å²) in [5, 5.41) is 2.76. The van der Waals surface area contributed by atoms with Crippen molar-refractivity contribution in [1.82, 2.24) is 8.87 Å². The van der Waals surface area contributed by atoms with Crippen molar-refractivity contribution in [3.05, 3.63) is 56.6 Å². The van der Waals surface area contributed by atoms with Gasteiger partial charge in [-0.15, -0.1) is 0 Å². The van der Waals surface area contributed by atoms with E-state index >= 15 is 0 Å². The summed E-state index contributed by atoms with van der Waals surface area (Å²) in [5.74, 6) is -0.335. The highest BCUT2D eigenvalue weighted by Gasteiger charge is 2.27. The van der Waals surface area contributed by atoms with Crippen LogP contribution in [0.4, 0.5) is 5.69 Å². The summed E-state index contributed by atoms with van der Waals surface area (Å²) in [6.45, 7) is 0.893. The lowest BCUT2D eigenvalue weighted by Gasteiger charge is -2.15. The fraction of sp³-hybridized carbons (Fsp3) is 0.263. The van der Waals surface area contributed by atoms with Gasteiger partial charge < -0.3 is 5.32 Å². The molecular weight excluding hydrogens is 478 g/mol. The van der Waals surface area contributed by atoms with E-state index in [0.29, 0.717) is 29.0 Å². The summed E-state index contributed by atoms with van der Waals surface area (Å²) >= 11 is 4.29. The molecule has 1 aromatic heterocycles. The number of halogens is 1. The standard InChI is InChI=1S/C19H18BrN3O4S2/c20-13-4-3-5-14(10-13)21-18(24)12-23-16-7-6-15(11-17(16)28-19(23)25)29(26,27)22-8-1-2-9-22/h3-7,10-11H,1-2,8-9,12H2,(H,21,24). The van der Waals surface area contributed by atoms with Crippen molar-refractivity contribution in [2.24, 2.45) is 0 Å². The Hall–Kier alpha value is -2.01. The fourth-order valence-electron chi connectivity index (χ4n) is 3.34. The topological polar surface area (TPSA) is 88.5 Å². The zero-order valence-corrected chi connectivity index (χ0v) is 18.5. The van der Waals surface area contributed by atoms with E-state index in [2.05, 4.69) is 21.2 Å². The van der Waals surface area contributed by atoms with Crippen LogP contribution in [0.1, 0.15) is 12.8 Å². The lowest BCUT2D eigenvalue weighted by Crippen LogP contribution is -2.27. The fourth-order valence-corrected chi connectivity index (χ4v) is 6.29. The molecule has 1 saturated heterocycles. The second kappa shape index (κ2) is 8.02. The molecule has 29 heavy (non-hydrogen) atoms. The predicted molar refractivity (Wildman–Crippen MR) is 117 cm³/mol. The van der Waals surface area contributed by atoms with Crippen molar-refractivity contribution in [1.29, 1.82) is 0 Å².